The van der Waals surface area contributed by atoms with E-state index in [2.05, 4.69) is 30.2 Å². The lowest BCUT2D eigenvalue weighted by molar-refractivity contribution is 1.61. The van der Waals surface area contributed by atoms with Crippen LogP contribution in [0.5, 0.6) is 0 Å². The minimum atomic E-state index is 0.803. The molecule has 0 saturated carbocycles. The SMILES string of the molecule is [C-]#Cc1ccc(/C=C/c2ccccc2)cc1. The van der Waals surface area contributed by atoms with E-state index in [0.29, 0.717) is 0 Å². The van der Waals surface area contributed by atoms with Gasteiger partial charge in [-0.2, -0.15) is 0 Å². The highest BCUT2D eigenvalue weighted by Crippen LogP contribution is 2.09. The molecule has 0 amide bonds. The normalized spacial score (nSPS) is 10.2. The zero-order valence-corrected chi connectivity index (χ0v) is 8.85. The van der Waals surface area contributed by atoms with Crippen molar-refractivity contribution >= 4 is 12.2 Å². The molecule has 0 spiro atoms. The fourth-order valence-corrected chi connectivity index (χ4v) is 1.43. The standard InChI is InChI=1S/C16H11/c1-2-14-8-10-16(11-9-14)13-12-15-6-4-3-5-7-15/h3-13H/q-1/b13-12+. The Bertz CT molecular complexity index is 510. The smallest absolute Gasteiger partial charge is 0.0256 e. The van der Waals surface area contributed by atoms with E-state index < -0.39 is 0 Å². The average molecular weight is 203 g/mol. The molecule has 0 unspecified atom stereocenters. The van der Waals surface area contributed by atoms with Crippen molar-refractivity contribution in [2.45, 2.75) is 0 Å². The summed E-state index contributed by atoms with van der Waals surface area (Å²) in [4.78, 5) is 0. The van der Waals surface area contributed by atoms with Crippen molar-refractivity contribution in [1.82, 2.24) is 0 Å². The number of benzene rings is 2. The van der Waals surface area contributed by atoms with Crippen LogP contribution in [0.25, 0.3) is 12.2 Å². The van der Waals surface area contributed by atoms with Crippen molar-refractivity contribution in [2.75, 3.05) is 0 Å². The van der Waals surface area contributed by atoms with E-state index in [0.717, 1.165) is 11.1 Å². The molecule has 76 valence electrons. The summed E-state index contributed by atoms with van der Waals surface area (Å²) in [6.45, 7) is 0. The molecule has 0 aliphatic heterocycles. The van der Waals surface area contributed by atoms with Crippen molar-refractivity contribution in [1.29, 1.82) is 0 Å². The van der Waals surface area contributed by atoms with E-state index in [4.69, 9.17) is 6.42 Å². The number of rotatable bonds is 2. The van der Waals surface area contributed by atoms with Gasteiger partial charge >= 0.3 is 0 Å². The predicted octanol–water partition coefficient (Wildman–Crippen LogP) is 3.79. The highest BCUT2D eigenvalue weighted by atomic mass is 13.9. The highest BCUT2D eigenvalue weighted by Gasteiger charge is 1.85. The van der Waals surface area contributed by atoms with Crippen molar-refractivity contribution in [2.24, 2.45) is 0 Å². The molecule has 0 N–H and O–H groups in total. The summed E-state index contributed by atoms with van der Waals surface area (Å²) >= 11 is 0. The molecule has 2 aromatic rings. The Balaban J connectivity index is 2.15. The van der Waals surface area contributed by atoms with Gasteiger partial charge in [0, 0.05) is 0 Å². The van der Waals surface area contributed by atoms with Gasteiger partial charge in [0.2, 0.25) is 0 Å². The Labute approximate surface area is 96.3 Å². The Kier molecular flexibility index (Phi) is 3.21. The molecule has 2 aromatic carbocycles. The highest BCUT2D eigenvalue weighted by molar-refractivity contribution is 5.69. The molecule has 16 heavy (non-hydrogen) atoms. The average Bonchev–Trinajstić information content (AvgIpc) is 2.38. The van der Waals surface area contributed by atoms with Crippen molar-refractivity contribution in [3.05, 3.63) is 77.7 Å². The largest absolute Gasteiger partial charge is 0.366 e. The van der Waals surface area contributed by atoms with Gasteiger partial charge in [-0.15, -0.1) is 17.7 Å². The van der Waals surface area contributed by atoms with E-state index in [-0.39, 0.29) is 0 Å². The molecule has 2 rings (SSSR count). The molecule has 0 bridgehead atoms. The van der Waals surface area contributed by atoms with Crippen LogP contribution in [-0.4, -0.2) is 0 Å². The topological polar surface area (TPSA) is 0 Å². The molecule has 0 saturated heterocycles. The van der Waals surface area contributed by atoms with E-state index in [9.17, 15) is 0 Å². The van der Waals surface area contributed by atoms with Gasteiger partial charge < -0.3 is 6.42 Å². The Hall–Kier alpha value is -2.26. The van der Waals surface area contributed by atoms with Gasteiger partial charge in [-0.1, -0.05) is 54.6 Å². The first-order valence-corrected chi connectivity index (χ1v) is 5.14. The van der Waals surface area contributed by atoms with Crippen LogP contribution < -0.4 is 0 Å². The van der Waals surface area contributed by atoms with Crippen LogP contribution in [0.3, 0.4) is 0 Å². The zero-order chi connectivity index (χ0) is 11.2. The first-order valence-electron chi connectivity index (χ1n) is 5.14. The van der Waals surface area contributed by atoms with Crippen molar-refractivity contribution < 1.29 is 0 Å². The third-order valence-electron chi connectivity index (χ3n) is 2.32. The first-order chi connectivity index (χ1) is 7.88. The lowest BCUT2D eigenvalue weighted by Crippen LogP contribution is -1.75. The van der Waals surface area contributed by atoms with Gasteiger partial charge in [-0.25, -0.2) is 0 Å². The summed E-state index contributed by atoms with van der Waals surface area (Å²) < 4.78 is 0. The first kappa shape index (κ1) is 10.3. The summed E-state index contributed by atoms with van der Waals surface area (Å²) in [5, 5.41) is 0. The number of hydrogen-bond acceptors (Lipinski definition) is 0. The summed E-state index contributed by atoms with van der Waals surface area (Å²) in [5.74, 6) is 2.35. The quantitative estimate of drug-likeness (QED) is 0.395. The minimum Gasteiger partial charge on any atom is -0.366 e. The van der Waals surface area contributed by atoms with Crippen LogP contribution in [0.15, 0.2) is 54.6 Å². The Morgan fingerprint density at radius 3 is 1.88 bits per heavy atom. The molecule has 0 atom stereocenters. The number of hydrogen-bond donors (Lipinski definition) is 0. The molecular formula is C16H11-. The predicted molar refractivity (Wildman–Crippen MR) is 68.0 cm³/mol. The summed E-state index contributed by atoms with van der Waals surface area (Å²) in [6, 6.07) is 17.9. The van der Waals surface area contributed by atoms with Gasteiger partial charge in [0.1, 0.15) is 0 Å². The van der Waals surface area contributed by atoms with Gasteiger partial charge in [0.25, 0.3) is 0 Å². The lowest BCUT2D eigenvalue weighted by atomic mass is 10.1. The van der Waals surface area contributed by atoms with Crippen LogP contribution in [-0.2, 0) is 0 Å². The van der Waals surface area contributed by atoms with E-state index in [1.165, 1.54) is 5.56 Å². The maximum atomic E-state index is 6.98. The molecule has 0 heteroatoms. The van der Waals surface area contributed by atoms with Crippen LogP contribution in [0.4, 0.5) is 0 Å². The van der Waals surface area contributed by atoms with Crippen molar-refractivity contribution in [3.8, 4) is 5.92 Å². The molecule has 0 aliphatic carbocycles. The zero-order valence-electron chi connectivity index (χ0n) is 8.85. The lowest BCUT2D eigenvalue weighted by Gasteiger charge is -2.00. The summed E-state index contributed by atoms with van der Waals surface area (Å²) in [6.07, 6.45) is 11.1. The second-order valence-electron chi connectivity index (χ2n) is 3.49. The van der Waals surface area contributed by atoms with E-state index in [1.54, 1.807) is 0 Å². The van der Waals surface area contributed by atoms with E-state index in [1.807, 2.05) is 42.5 Å². The maximum absolute atomic E-state index is 6.98. The maximum Gasteiger partial charge on any atom is -0.0256 e. The molecule has 0 radical (unpaired) electrons. The fraction of sp³-hybridized carbons (Fsp3) is 0. The summed E-state index contributed by atoms with van der Waals surface area (Å²) in [5.41, 5.74) is 3.12. The fourth-order valence-electron chi connectivity index (χ4n) is 1.43. The molecule has 0 fully saturated rings. The van der Waals surface area contributed by atoms with Crippen molar-refractivity contribution in [3.63, 3.8) is 0 Å². The molecular weight excluding hydrogens is 192 g/mol. The monoisotopic (exact) mass is 203 g/mol. The third kappa shape index (κ3) is 2.62. The van der Waals surface area contributed by atoms with Crippen LogP contribution in [0, 0.1) is 12.3 Å². The third-order valence-corrected chi connectivity index (χ3v) is 2.32. The Morgan fingerprint density at radius 1 is 0.750 bits per heavy atom. The molecule has 0 aliphatic rings. The van der Waals surface area contributed by atoms with Crippen LogP contribution in [0.2, 0.25) is 0 Å². The van der Waals surface area contributed by atoms with Gasteiger partial charge in [0.05, 0.1) is 0 Å². The van der Waals surface area contributed by atoms with E-state index >= 15 is 0 Å². The molecule has 0 heterocycles. The van der Waals surface area contributed by atoms with Crippen LogP contribution >= 0.6 is 0 Å². The Morgan fingerprint density at radius 2 is 1.31 bits per heavy atom. The summed E-state index contributed by atoms with van der Waals surface area (Å²) in [7, 11) is 0. The molecule has 0 nitrogen and oxygen atoms in total. The second-order valence-corrected chi connectivity index (χ2v) is 3.49. The molecule has 0 aromatic heterocycles. The second kappa shape index (κ2) is 5.00. The van der Waals surface area contributed by atoms with Crippen LogP contribution in [0.1, 0.15) is 16.7 Å². The minimum absolute atomic E-state index is 0.803. The van der Waals surface area contributed by atoms with Gasteiger partial charge in [-0.05, 0) is 11.1 Å². The van der Waals surface area contributed by atoms with Gasteiger partial charge in [0.15, 0.2) is 0 Å². The van der Waals surface area contributed by atoms with Gasteiger partial charge in [-0.3, -0.25) is 5.92 Å².